The molecule has 130 valence electrons. The smallest absolute Gasteiger partial charge is 0.212 e. The third-order valence-electron chi connectivity index (χ3n) is 3.80. The van der Waals surface area contributed by atoms with Gasteiger partial charge in [0, 0.05) is 23.5 Å². The van der Waals surface area contributed by atoms with Gasteiger partial charge < -0.3 is 10.1 Å². The van der Waals surface area contributed by atoms with Crippen LogP contribution in [0.4, 0.5) is 15.9 Å². The number of aromatic nitrogens is 4. The van der Waals surface area contributed by atoms with Crippen molar-refractivity contribution in [2.45, 2.75) is 0 Å². The van der Waals surface area contributed by atoms with Crippen LogP contribution in [-0.2, 0) is 0 Å². The number of benzene rings is 1. The van der Waals surface area contributed by atoms with Crippen molar-refractivity contribution in [3.05, 3.63) is 65.7 Å². The molecule has 0 aliphatic heterocycles. The maximum atomic E-state index is 13.3. The highest BCUT2D eigenvalue weighted by Crippen LogP contribution is 2.24. The molecule has 1 N–H and O–H groups in total. The molecule has 1 aromatic carbocycles. The average Bonchev–Trinajstić information content (AvgIpc) is 3.07. The fourth-order valence-electron chi connectivity index (χ4n) is 2.49. The molecule has 0 unspecified atom stereocenters. The van der Waals surface area contributed by atoms with Crippen LogP contribution in [0.5, 0.6) is 5.88 Å². The number of methoxy groups -OCH3 is 1. The number of hydrogen-bond acceptors (Lipinski definition) is 5. The van der Waals surface area contributed by atoms with Crippen LogP contribution in [0.1, 0.15) is 0 Å². The maximum absolute atomic E-state index is 13.3. The molecule has 3 aromatic heterocycles. The molecule has 0 bridgehead atoms. The van der Waals surface area contributed by atoms with E-state index in [0.717, 1.165) is 11.3 Å². The van der Waals surface area contributed by atoms with E-state index in [4.69, 9.17) is 16.3 Å². The molecule has 0 aliphatic rings. The summed E-state index contributed by atoms with van der Waals surface area (Å²) in [5.41, 5.74) is 2.88. The van der Waals surface area contributed by atoms with Crippen LogP contribution in [-0.4, -0.2) is 26.7 Å². The minimum Gasteiger partial charge on any atom is -0.481 e. The monoisotopic (exact) mass is 369 g/mol. The van der Waals surface area contributed by atoms with E-state index < -0.39 is 5.82 Å². The Hall–Kier alpha value is -3.19. The van der Waals surface area contributed by atoms with Crippen molar-refractivity contribution < 1.29 is 9.13 Å². The molecule has 0 saturated carbocycles. The molecular weight excluding hydrogens is 357 g/mol. The summed E-state index contributed by atoms with van der Waals surface area (Å²) in [7, 11) is 1.57. The summed E-state index contributed by atoms with van der Waals surface area (Å²) in [5.74, 6) is 0.696. The first-order valence-electron chi connectivity index (χ1n) is 7.71. The number of halogens is 2. The third-order valence-corrected chi connectivity index (χ3v) is 4.09. The molecule has 0 spiro atoms. The lowest BCUT2D eigenvalue weighted by atomic mass is 10.2. The van der Waals surface area contributed by atoms with Crippen LogP contribution in [0.2, 0.25) is 5.02 Å². The standard InChI is InChI=1S/C18H13ClFN5O/c1-26-18-7-2-11(9-22-18)15-5-6-16-21-10-17(25(16)24-15)23-12-3-4-14(20)13(19)8-12/h2-10,23H,1H3. The summed E-state index contributed by atoms with van der Waals surface area (Å²) in [6, 6.07) is 11.8. The number of ether oxygens (including phenoxy) is 1. The first-order chi connectivity index (χ1) is 12.6. The third kappa shape index (κ3) is 3.04. The van der Waals surface area contributed by atoms with Gasteiger partial charge >= 0.3 is 0 Å². The number of nitrogens with zero attached hydrogens (tertiary/aromatic N) is 4. The lowest BCUT2D eigenvalue weighted by Gasteiger charge is -2.07. The molecule has 3 heterocycles. The summed E-state index contributed by atoms with van der Waals surface area (Å²) in [4.78, 5) is 8.51. The zero-order valence-electron chi connectivity index (χ0n) is 13.6. The Morgan fingerprint density at radius 3 is 2.69 bits per heavy atom. The van der Waals surface area contributed by atoms with Gasteiger partial charge in [0.25, 0.3) is 0 Å². The summed E-state index contributed by atoms with van der Waals surface area (Å²) < 4.78 is 20.1. The first-order valence-corrected chi connectivity index (χ1v) is 8.09. The van der Waals surface area contributed by atoms with E-state index in [0.29, 0.717) is 23.0 Å². The second-order valence-corrected chi connectivity index (χ2v) is 5.88. The van der Waals surface area contributed by atoms with Gasteiger partial charge in [0.05, 0.1) is 24.0 Å². The largest absolute Gasteiger partial charge is 0.481 e. The van der Waals surface area contributed by atoms with Gasteiger partial charge in [-0.1, -0.05) is 11.6 Å². The van der Waals surface area contributed by atoms with Crippen LogP contribution in [0, 0.1) is 5.82 Å². The fraction of sp³-hybridized carbons (Fsp3) is 0.0556. The van der Waals surface area contributed by atoms with Crippen LogP contribution in [0.3, 0.4) is 0 Å². The van der Waals surface area contributed by atoms with Crippen molar-refractivity contribution in [3.8, 4) is 17.1 Å². The number of pyridine rings is 1. The highest BCUT2D eigenvalue weighted by molar-refractivity contribution is 6.31. The Morgan fingerprint density at radius 1 is 1.08 bits per heavy atom. The molecule has 8 heteroatoms. The predicted octanol–water partition coefficient (Wildman–Crippen LogP) is 4.34. The van der Waals surface area contributed by atoms with Crippen LogP contribution < -0.4 is 10.1 Å². The SMILES string of the molecule is COc1ccc(-c2ccc3ncc(Nc4ccc(F)c(Cl)c4)n3n2)cn1. The molecule has 0 fully saturated rings. The molecule has 26 heavy (non-hydrogen) atoms. The Bertz CT molecular complexity index is 1080. The van der Waals surface area contributed by atoms with Crippen molar-refractivity contribution in [2.24, 2.45) is 0 Å². The van der Waals surface area contributed by atoms with E-state index in [1.807, 2.05) is 18.2 Å². The molecule has 0 aliphatic carbocycles. The van der Waals surface area contributed by atoms with Crippen LogP contribution in [0.25, 0.3) is 16.9 Å². The minimum atomic E-state index is -0.470. The number of nitrogens with one attached hydrogen (secondary N) is 1. The van der Waals surface area contributed by atoms with E-state index in [1.54, 1.807) is 36.2 Å². The Morgan fingerprint density at radius 2 is 1.96 bits per heavy atom. The lowest BCUT2D eigenvalue weighted by molar-refractivity contribution is 0.398. The van der Waals surface area contributed by atoms with Gasteiger partial charge in [-0.25, -0.2) is 14.4 Å². The van der Waals surface area contributed by atoms with Crippen molar-refractivity contribution in [2.75, 3.05) is 12.4 Å². The number of hydrogen-bond donors (Lipinski definition) is 1. The Balaban J connectivity index is 1.70. The van der Waals surface area contributed by atoms with Gasteiger partial charge in [0.1, 0.15) is 5.82 Å². The molecule has 0 saturated heterocycles. The highest BCUT2D eigenvalue weighted by atomic mass is 35.5. The van der Waals surface area contributed by atoms with Gasteiger partial charge in [-0.05, 0) is 36.4 Å². The van der Waals surface area contributed by atoms with Gasteiger partial charge in [0.2, 0.25) is 5.88 Å². The number of rotatable bonds is 4. The molecule has 6 nitrogen and oxygen atoms in total. The number of fused-ring (bicyclic) bond motifs is 1. The summed E-state index contributed by atoms with van der Waals surface area (Å²) in [6.07, 6.45) is 3.34. The van der Waals surface area contributed by atoms with Gasteiger partial charge in [-0.2, -0.15) is 9.61 Å². The van der Waals surface area contributed by atoms with Crippen molar-refractivity contribution in [1.29, 1.82) is 0 Å². The molecular formula is C18H13ClFN5O. The van der Waals surface area contributed by atoms with Crippen LogP contribution in [0.15, 0.2) is 54.9 Å². The quantitative estimate of drug-likeness (QED) is 0.580. The highest BCUT2D eigenvalue weighted by Gasteiger charge is 2.09. The van der Waals surface area contributed by atoms with Gasteiger partial charge in [0.15, 0.2) is 11.5 Å². The van der Waals surface area contributed by atoms with Crippen molar-refractivity contribution in [1.82, 2.24) is 19.6 Å². The predicted molar refractivity (Wildman–Crippen MR) is 97.5 cm³/mol. The second kappa shape index (κ2) is 6.61. The molecule has 4 rings (SSSR count). The van der Waals surface area contributed by atoms with Gasteiger partial charge in [-0.15, -0.1) is 0 Å². The Kier molecular flexibility index (Phi) is 4.14. The summed E-state index contributed by atoms with van der Waals surface area (Å²) >= 11 is 5.83. The van der Waals surface area contributed by atoms with Crippen molar-refractivity contribution in [3.63, 3.8) is 0 Å². The van der Waals surface area contributed by atoms with Crippen LogP contribution >= 0.6 is 11.6 Å². The Labute approximate surface area is 153 Å². The van der Waals surface area contributed by atoms with E-state index in [1.165, 1.54) is 12.1 Å². The van der Waals surface area contributed by atoms with E-state index in [-0.39, 0.29) is 5.02 Å². The number of imidazole rings is 1. The summed E-state index contributed by atoms with van der Waals surface area (Å²) in [6.45, 7) is 0. The first kappa shape index (κ1) is 16.3. The zero-order chi connectivity index (χ0) is 18.1. The molecule has 0 radical (unpaired) electrons. The van der Waals surface area contributed by atoms with Gasteiger partial charge in [-0.3, -0.25) is 0 Å². The van der Waals surface area contributed by atoms with E-state index >= 15 is 0 Å². The maximum Gasteiger partial charge on any atom is 0.212 e. The normalized spacial score (nSPS) is 10.9. The van der Waals surface area contributed by atoms with E-state index in [9.17, 15) is 4.39 Å². The zero-order valence-corrected chi connectivity index (χ0v) is 14.4. The fourth-order valence-corrected chi connectivity index (χ4v) is 2.67. The number of anilines is 2. The van der Waals surface area contributed by atoms with E-state index in [2.05, 4.69) is 20.4 Å². The molecule has 0 atom stereocenters. The average molecular weight is 370 g/mol. The minimum absolute atomic E-state index is 0.0433. The summed E-state index contributed by atoms with van der Waals surface area (Å²) in [5, 5.41) is 7.79. The van der Waals surface area contributed by atoms with Crippen molar-refractivity contribution >= 4 is 28.8 Å². The molecule has 0 amide bonds. The molecule has 4 aromatic rings. The topological polar surface area (TPSA) is 64.3 Å². The second-order valence-electron chi connectivity index (χ2n) is 5.48. The lowest BCUT2D eigenvalue weighted by Crippen LogP contribution is -2.00.